The number of unbranched alkanes of at least 4 members (excludes halogenated alkanes) is 12. The van der Waals surface area contributed by atoms with E-state index in [1.54, 1.807) is 0 Å². The van der Waals surface area contributed by atoms with E-state index in [1.165, 1.54) is 0 Å². The van der Waals surface area contributed by atoms with Gasteiger partial charge in [-0.05, 0) is 142 Å². The largest absolute Gasteiger partial charge is 0.489 e. The molecule has 138 heavy (non-hydrogen) atoms. The molecule has 0 aromatic heterocycles. The van der Waals surface area contributed by atoms with E-state index in [9.17, 15) is 0 Å². The molecule has 744 valence electrons. The number of fused-ring (bicyclic) bond motifs is 18. The van der Waals surface area contributed by atoms with Crippen LogP contribution >= 0.6 is 0 Å². The van der Waals surface area contributed by atoms with E-state index in [4.69, 9.17) is 85.3 Å². The predicted molar refractivity (Wildman–Crippen MR) is 559 cm³/mol. The van der Waals surface area contributed by atoms with Gasteiger partial charge in [0.15, 0.2) is 69.0 Å². The van der Waals surface area contributed by atoms with Crippen LogP contribution in [-0.4, -0.2) is 79.3 Å². The summed E-state index contributed by atoms with van der Waals surface area (Å²) in [6.45, 7) is 34.0. The molecule has 0 N–H and O–H groups in total. The molecule has 14 rings (SSSR count). The number of benzene rings is 12. The van der Waals surface area contributed by atoms with Crippen molar-refractivity contribution in [3.05, 3.63) is 212 Å². The summed E-state index contributed by atoms with van der Waals surface area (Å²) < 4.78 is 130. The highest BCUT2D eigenvalue weighted by Gasteiger charge is 2.33. The Morgan fingerprint density at radius 2 is 0.217 bits per heavy atom. The smallest absolute Gasteiger partial charge is 0.167 e. The minimum absolute atomic E-state index is 0.177. The van der Waals surface area contributed by atoms with Crippen molar-refractivity contribution in [2.45, 2.75) is 316 Å². The Morgan fingerprint density at radius 3 is 0.290 bits per heavy atom. The van der Waals surface area contributed by atoms with Crippen molar-refractivity contribution in [3.8, 4) is 69.0 Å². The van der Waals surface area contributed by atoms with Gasteiger partial charge in [-0.15, -0.1) is 0 Å². The van der Waals surface area contributed by atoms with Crippen LogP contribution in [0.15, 0.2) is 146 Å². The molecule has 12 bridgehead atoms. The second-order valence-electron chi connectivity index (χ2n) is 36.3. The standard InChI is InChI=1S/C120H156O18/c1-13-25-61-127-109-97-73-121-75-99-87-51-39-40-52-88(87)101(113(131-65-29-17-5)111(99)129-63-27-15-3)77-123-79-103-91-55-43-44-56-92(91)105(117(135-69-33-21-9)115(103)133-67-31-19-7)81-125-83-107-95-59-47-48-60-96(95)108(120(138-72-36-24-12)119(107)137-71-35-23-11)84-126-82-106-94-58-46-45-57-93(94)104(116(134-68-32-20-8)118(106)136-70-34-22-10)80-124-78-102-90-54-42-41-53-89(90)100(112(130-64-28-16-4)114(102)132-66-30-18-6)76-122-74-98(110(109)128-62-26-14-2)86-50-38-37-49-85(86)97/h37-60H,13-36,61-84H2,1-12H3. The van der Waals surface area contributed by atoms with Crippen LogP contribution in [0.25, 0.3) is 64.6 Å². The summed E-state index contributed by atoms with van der Waals surface area (Å²) in [6.07, 6.45) is 21.2. The monoisotopic (exact) mass is 1890 g/mol. The van der Waals surface area contributed by atoms with Crippen molar-refractivity contribution in [1.82, 2.24) is 0 Å². The average molecular weight is 1890 g/mol. The fourth-order valence-corrected chi connectivity index (χ4v) is 18.1. The molecule has 2 aliphatic heterocycles. The van der Waals surface area contributed by atoms with E-state index < -0.39 is 0 Å². The van der Waals surface area contributed by atoms with Crippen molar-refractivity contribution in [3.63, 3.8) is 0 Å². The Kier molecular flexibility index (Phi) is 43.1. The highest BCUT2D eigenvalue weighted by molar-refractivity contribution is 5.99. The zero-order valence-corrected chi connectivity index (χ0v) is 85.1. The Bertz CT molecular complexity index is 4550. The second-order valence-corrected chi connectivity index (χ2v) is 36.3. The summed E-state index contributed by atoms with van der Waals surface area (Å²) in [4.78, 5) is 0. The van der Waals surface area contributed by atoms with Crippen molar-refractivity contribution >= 4 is 64.6 Å². The van der Waals surface area contributed by atoms with Crippen LogP contribution < -0.4 is 56.8 Å². The molecule has 18 heteroatoms. The van der Waals surface area contributed by atoms with Gasteiger partial charge >= 0.3 is 0 Å². The maximum Gasteiger partial charge on any atom is 0.167 e. The van der Waals surface area contributed by atoms with Gasteiger partial charge in [-0.2, -0.15) is 0 Å². The van der Waals surface area contributed by atoms with Crippen molar-refractivity contribution in [2.75, 3.05) is 79.3 Å². The molecule has 0 fully saturated rings. The predicted octanol–water partition coefficient (Wildman–Crippen LogP) is 31.4. The Balaban J connectivity index is 1.01. The summed E-state index contributed by atoms with van der Waals surface area (Å²) in [7, 11) is 0. The number of rotatable bonds is 48. The van der Waals surface area contributed by atoms with Crippen molar-refractivity contribution in [2.24, 2.45) is 0 Å². The maximum absolute atomic E-state index is 7.34. The first-order valence-electron chi connectivity index (χ1n) is 52.6. The molecular weight excluding hydrogens is 1730 g/mol. The Hall–Kier alpha value is -10.4. The molecule has 0 saturated carbocycles. The SMILES string of the molecule is CCCCOc1c(OCCCC)c2c3ccccc3c1COCc1c(OCCCC)c(OCCCC)c(c3ccccc13)COCc1c(OCCCC)c(OCCCC)c(c3ccccc13)COCc1c(OCCCC)c(OCCCC)c(c3ccccc13)COCc1c(OCCCC)c(OCCCC)c(c3ccccc13)COCc1c(OCCCC)c(OCCCC)c(c3ccccc13)COC2. The van der Waals surface area contributed by atoms with Crippen LogP contribution in [-0.2, 0) is 108 Å². The third-order valence-corrected chi connectivity index (χ3v) is 25.9. The molecule has 0 amide bonds. The summed E-state index contributed by atoms with van der Waals surface area (Å²) in [6, 6.07) is 51.3. The summed E-state index contributed by atoms with van der Waals surface area (Å²) in [5.74, 6) is 7.82. The van der Waals surface area contributed by atoms with Crippen molar-refractivity contribution < 1.29 is 85.3 Å². The van der Waals surface area contributed by atoms with Gasteiger partial charge in [0.25, 0.3) is 0 Å². The van der Waals surface area contributed by atoms with E-state index in [2.05, 4.69) is 229 Å². The van der Waals surface area contributed by atoms with Gasteiger partial charge in [-0.3, -0.25) is 0 Å². The molecule has 12 aromatic rings. The topological polar surface area (TPSA) is 166 Å². The zero-order valence-electron chi connectivity index (χ0n) is 85.1. The molecule has 0 radical (unpaired) electrons. The van der Waals surface area contributed by atoms with Crippen LogP contribution in [0.1, 0.15) is 304 Å². The lowest BCUT2D eigenvalue weighted by atomic mass is 9.96. The summed E-state index contributed by atoms with van der Waals surface area (Å²) in [5.41, 5.74) is 10.6. The number of hydrogen-bond donors (Lipinski definition) is 0. The van der Waals surface area contributed by atoms with Gasteiger partial charge in [-0.25, -0.2) is 0 Å². The van der Waals surface area contributed by atoms with Crippen LogP contribution in [0, 0.1) is 0 Å². The zero-order chi connectivity index (χ0) is 96.4. The summed E-state index contributed by atoms with van der Waals surface area (Å²) >= 11 is 0. The maximum atomic E-state index is 7.34. The number of hydrogen-bond acceptors (Lipinski definition) is 18. The van der Waals surface area contributed by atoms with Crippen LogP contribution in [0.3, 0.4) is 0 Å². The van der Waals surface area contributed by atoms with Gasteiger partial charge in [0, 0.05) is 66.8 Å². The lowest BCUT2D eigenvalue weighted by Crippen LogP contribution is -2.13. The van der Waals surface area contributed by atoms with Crippen molar-refractivity contribution in [1.29, 1.82) is 0 Å². The van der Waals surface area contributed by atoms with Gasteiger partial charge in [0.05, 0.1) is 159 Å². The molecule has 0 saturated heterocycles. The third kappa shape index (κ3) is 26.4. The summed E-state index contributed by atoms with van der Waals surface area (Å²) in [5, 5.41) is 11.7. The van der Waals surface area contributed by atoms with E-state index in [0.29, 0.717) is 148 Å². The first kappa shape index (κ1) is 105. The van der Waals surface area contributed by atoms with Crippen LogP contribution in [0.4, 0.5) is 0 Å². The lowest BCUT2D eigenvalue weighted by Gasteiger charge is -2.26. The molecule has 2 heterocycles. The average Bonchev–Trinajstić information content (AvgIpc) is 0.686. The first-order chi connectivity index (χ1) is 68.2. The first-order valence-corrected chi connectivity index (χ1v) is 52.6. The molecule has 18 nitrogen and oxygen atoms in total. The second kappa shape index (κ2) is 56.7. The van der Waals surface area contributed by atoms with Gasteiger partial charge in [0.1, 0.15) is 0 Å². The van der Waals surface area contributed by atoms with E-state index >= 15 is 0 Å². The quantitative estimate of drug-likeness (QED) is 0.0330. The highest BCUT2D eigenvalue weighted by Crippen LogP contribution is 2.53. The highest BCUT2D eigenvalue weighted by atomic mass is 16.6. The normalized spacial score (nSPS) is 13.3. The fraction of sp³-hybridized carbons (Fsp3) is 0.500. The van der Waals surface area contributed by atoms with Gasteiger partial charge in [-0.1, -0.05) is 306 Å². The molecule has 0 aliphatic carbocycles. The van der Waals surface area contributed by atoms with E-state index in [0.717, 1.165) is 285 Å². The van der Waals surface area contributed by atoms with Gasteiger partial charge < -0.3 is 85.3 Å². The van der Waals surface area contributed by atoms with E-state index in [-0.39, 0.29) is 79.3 Å². The molecular formula is C120H156O18. The number of ether oxygens (including phenoxy) is 18. The lowest BCUT2D eigenvalue weighted by molar-refractivity contribution is 0.0964. The molecule has 2 aliphatic rings. The fourth-order valence-electron chi connectivity index (χ4n) is 18.1. The minimum atomic E-state index is 0.177. The van der Waals surface area contributed by atoms with Crippen LogP contribution in [0.5, 0.6) is 69.0 Å². The Labute approximate surface area is 822 Å². The third-order valence-electron chi connectivity index (χ3n) is 25.9. The molecule has 0 spiro atoms. The van der Waals surface area contributed by atoms with Gasteiger partial charge in [0.2, 0.25) is 0 Å². The van der Waals surface area contributed by atoms with Crippen LogP contribution in [0.2, 0.25) is 0 Å². The molecule has 0 unspecified atom stereocenters. The molecule has 0 atom stereocenters. The van der Waals surface area contributed by atoms with E-state index in [1.807, 2.05) is 0 Å². The minimum Gasteiger partial charge on any atom is -0.489 e. The Morgan fingerprint density at radius 1 is 0.138 bits per heavy atom. The molecule has 12 aromatic carbocycles.